The number of amides is 2. The molecule has 1 aliphatic carbocycles. The first-order valence-corrected chi connectivity index (χ1v) is 10.5. The van der Waals surface area contributed by atoms with Gasteiger partial charge >= 0.3 is 0 Å². The van der Waals surface area contributed by atoms with Crippen molar-refractivity contribution in [1.82, 2.24) is 9.80 Å². The standard InChI is InChI=1S/C19H23ClN2O2S/c20-16-7-2-1-6-15(16)18(24)22-12-13-25-19(22)8-10-21(11-9-19)17(23)14-4-3-5-14/h1-2,6-7,14H,3-5,8-13H2. The summed E-state index contributed by atoms with van der Waals surface area (Å²) in [6, 6.07) is 7.27. The topological polar surface area (TPSA) is 40.6 Å². The van der Waals surface area contributed by atoms with Gasteiger partial charge in [0.25, 0.3) is 5.91 Å². The molecule has 0 aromatic heterocycles. The molecule has 6 heteroatoms. The molecule has 3 aliphatic rings. The minimum atomic E-state index is -0.174. The number of benzene rings is 1. The van der Waals surface area contributed by atoms with Gasteiger partial charge in [0.2, 0.25) is 5.91 Å². The molecule has 1 aromatic carbocycles. The molecule has 134 valence electrons. The van der Waals surface area contributed by atoms with Crippen LogP contribution in [-0.4, -0.2) is 51.9 Å². The van der Waals surface area contributed by atoms with Gasteiger partial charge < -0.3 is 9.80 Å². The molecule has 2 heterocycles. The Balaban J connectivity index is 1.47. The maximum absolute atomic E-state index is 13.1. The Morgan fingerprint density at radius 1 is 1.12 bits per heavy atom. The van der Waals surface area contributed by atoms with E-state index in [1.165, 1.54) is 6.42 Å². The van der Waals surface area contributed by atoms with E-state index < -0.39 is 0 Å². The van der Waals surface area contributed by atoms with Gasteiger partial charge in [-0.2, -0.15) is 0 Å². The van der Waals surface area contributed by atoms with Crippen LogP contribution in [0.2, 0.25) is 5.02 Å². The van der Waals surface area contributed by atoms with Gasteiger partial charge in [0.1, 0.15) is 0 Å². The van der Waals surface area contributed by atoms with Crippen molar-refractivity contribution in [3.63, 3.8) is 0 Å². The lowest BCUT2D eigenvalue weighted by molar-refractivity contribution is -0.139. The van der Waals surface area contributed by atoms with E-state index in [1.807, 2.05) is 33.7 Å². The van der Waals surface area contributed by atoms with E-state index in [4.69, 9.17) is 11.6 Å². The first-order chi connectivity index (χ1) is 12.1. The summed E-state index contributed by atoms with van der Waals surface area (Å²) >= 11 is 8.11. The SMILES string of the molecule is O=C(C1CCC1)N1CCC2(CC1)SCCN2C(=O)c1ccccc1Cl. The van der Waals surface area contributed by atoms with Crippen LogP contribution in [-0.2, 0) is 4.79 Å². The smallest absolute Gasteiger partial charge is 0.256 e. The molecule has 2 amide bonds. The van der Waals surface area contributed by atoms with E-state index in [0.29, 0.717) is 16.5 Å². The Morgan fingerprint density at radius 2 is 1.84 bits per heavy atom. The molecule has 2 aliphatic heterocycles. The molecule has 1 saturated carbocycles. The molecular formula is C19H23ClN2O2S. The average Bonchev–Trinajstić information content (AvgIpc) is 2.97. The highest BCUT2D eigenvalue weighted by atomic mass is 35.5. The minimum absolute atomic E-state index is 0.0226. The Labute approximate surface area is 157 Å². The molecule has 1 spiro atoms. The zero-order valence-corrected chi connectivity index (χ0v) is 15.8. The second-order valence-corrected chi connectivity index (χ2v) is 9.05. The molecule has 0 atom stereocenters. The molecule has 25 heavy (non-hydrogen) atoms. The van der Waals surface area contributed by atoms with E-state index in [9.17, 15) is 9.59 Å². The quantitative estimate of drug-likeness (QED) is 0.788. The molecule has 1 aromatic rings. The summed E-state index contributed by atoms with van der Waals surface area (Å²) in [7, 11) is 0. The predicted molar refractivity (Wildman–Crippen MR) is 101 cm³/mol. The lowest BCUT2D eigenvalue weighted by atomic mass is 9.84. The predicted octanol–water partition coefficient (Wildman–Crippen LogP) is 3.65. The number of carbonyl (C=O) groups excluding carboxylic acids is 2. The zero-order valence-electron chi connectivity index (χ0n) is 14.2. The van der Waals surface area contributed by atoms with Crippen LogP contribution in [0.5, 0.6) is 0 Å². The maximum Gasteiger partial charge on any atom is 0.256 e. The third kappa shape index (κ3) is 3.06. The summed E-state index contributed by atoms with van der Waals surface area (Å²) < 4.78 is 0. The lowest BCUT2D eigenvalue weighted by Gasteiger charge is -2.45. The van der Waals surface area contributed by atoms with Gasteiger partial charge in [-0.15, -0.1) is 11.8 Å². The number of carbonyl (C=O) groups is 2. The molecule has 2 saturated heterocycles. The summed E-state index contributed by atoms with van der Waals surface area (Å²) in [5.41, 5.74) is 0.582. The normalized spacial score (nSPS) is 22.9. The van der Waals surface area contributed by atoms with Crippen molar-refractivity contribution in [3.05, 3.63) is 34.9 Å². The Morgan fingerprint density at radius 3 is 2.48 bits per heavy atom. The fraction of sp³-hybridized carbons (Fsp3) is 0.579. The molecule has 3 fully saturated rings. The highest BCUT2D eigenvalue weighted by molar-refractivity contribution is 8.00. The van der Waals surface area contributed by atoms with Gasteiger partial charge in [-0.3, -0.25) is 9.59 Å². The highest BCUT2D eigenvalue weighted by Gasteiger charge is 2.47. The number of rotatable bonds is 2. The molecule has 0 N–H and O–H groups in total. The summed E-state index contributed by atoms with van der Waals surface area (Å²) in [4.78, 5) is 29.4. The van der Waals surface area contributed by atoms with E-state index in [0.717, 1.165) is 51.1 Å². The van der Waals surface area contributed by atoms with Gasteiger partial charge in [0, 0.05) is 31.3 Å². The number of hydrogen-bond acceptors (Lipinski definition) is 3. The third-order valence-electron chi connectivity index (χ3n) is 5.84. The zero-order chi connectivity index (χ0) is 17.4. The average molecular weight is 379 g/mol. The first kappa shape index (κ1) is 17.2. The molecule has 4 rings (SSSR count). The molecule has 0 bridgehead atoms. The number of hydrogen-bond donors (Lipinski definition) is 0. The fourth-order valence-electron chi connectivity index (χ4n) is 4.08. The molecule has 4 nitrogen and oxygen atoms in total. The van der Waals surface area contributed by atoms with Crippen molar-refractivity contribution < 1.29 is 9.59 Å². The largest absolute Gasteiger partial charge is 0.342 e. The van der Waals surface area contributed by atoms with E-state index in [2.05, 4.69) is 0 Å². The van der Waals surface area contributed by atoms with Crippen LogP contribution in [0.4, 0.5) is 0 Å². The second kappa shape index (κ2) is 6.84. The van der Waals surface area contributed by atoms with Crippen molar-refractivity contribution >= 4 is 35.2 Å². The summed E-state index contributed by atoms with van der Waals surface area (Å²) in [5, 5.41) is 0.511. The van der Waals surface area contributed by atoms with Crippen molar-refractivity contribution in [2.45, 2.75) is 37.0 Å². The third-order valence-corrected chi connectivity index (χ3v) is 7.72. The van der Waals surface area contributed by atoms with Gasteiger partial charge in [-0.05, 0) is 37.8 Å². The van der Waals surface area contributed by atoms with Crippen LogP contribution >= 0.6 is 23.4 Å². The van der Waals surface area contributed by atoms with Crippen molar-refractivity contribution in [3.8, 4) is 0 Å². The first-order valence-electron chi connectivity index (χ1n) is 9.10. The Bertz CT molecular complexity index is 684. The van der Waals surface area contributed by atoms with Crippen LogP contribution < -0.4 is 0 Å². The van der Waals surface area contributed by atoms with E-state index in [-0.39, 0.29) is 16.7 Å². The van der Waals surface area contributed by atoms with Gasteiger partial charge in [-0.1, -0.05) is 30.2 Å². The Hall–Kier alpha value is -1.20. The number of halogens is 1. The monoisotopic (exact) mass is 378 g/mol. The van der Waals surface area contributed by atoms with Crippen LogP contribution in [0.15, 0.2) is 24.3 Å². The van der Waals surface area contributed by atoms with Crippen LogP contribution in [0.1, 0.15) is 42.5 Å². The molecule has 0 radical (unpaired) electrons. The van der Waals surface area contributed by atoms with Crippen molar-refractivity contribution in [1.29, 1.82) is 0 Å². The van der Waals surface area contributed by atoms with Crippen LogP contribution in [0.25, 0.3) is 0 Å². The number of piperidine rings is 1. The molecular weight excluding hydrogens is 356 g/mol. The number of nitrogens with zero attached hydrogens (tertiary/aromatic N) is 2. The summed E-state index contributed by atoms with van der Waals surface area (Å²) in [5.74, 6) is 1.56. The van der Waals surface area contributed by atoms with E-state index in [1.54, 1.807) is 12.1 Å². The van der Waals surface area contributed by atoms with Gasteiger partial charge in [-0.25, -0.2) is 0 Å². The number of likely N-dealkylation sites (tertiary alicyclic amines) is 1. The van der Waals surface area contributed by atoms with Gasteiger partial charge in [0.15, 0.2) is 0 Å². The van der Waals surface area contributed by atoms with Crippen molar-refractivity contribution in [2.24, 2.45) is 5.92 Å². The van der Waals surface area contributed by atoms with Crippen molar-refractivity contribution in [2.75, 3.05) is 25.4 Å². The maximum atomic E-state index is 13.1. The van der Waals surface area contributed by atoms with Crippen LogP contribution in [0, 0.1) is 5.92 Å². The molecule has 0 unspecified atom stereocenters. The lowest BCUT2D eigenvalue weighted by Crippen LogP contribution is -2.54. The summed E-state index contributed by atoms with van der Waals surface area (Å²) in [6.07, 6.45) is 4.99. The van der Waals surface area contributed by atoms with E-state index >= 15 is 0 Å². The fourth-order valence-corrected chi connectivity index (χ4v) is 5.75. The summed E-state index contributed by atoms with van der Waals surface area (Å²) in [6.45, 7) is 2.27. The Kier molecular flexibility index (Phi) is 4.71. The van der Waals surface area contributed by atoms with Gasteiger partial charge in [0.05, 0.1) is 15.5 Å². The highest BCUT2D eigenvalue weighted by Crippen LogP contribution is 2.45. The minimum Gasteiger partial charge on any atom is -0.342 e. The second-order valence-electron chi connectivity index (χ2n) is 7.18. The van der Waals surface area contributed by atoms with Crippen LogP contribution in [0.3, 0.4) is 0 Å². The number of thioether (sulfide) groups is 1.